The molecule has 0 aliphatic carbocycles. The number of imide groups is 1. The summed E-state index contributed by atoms with van der Waals surface area (Å²) in [6, 6.07) is 14.2. The first-order chi connectivity index (χ1) is 11.6. The number of anilines is 1. The number of hydrogen-bond acceptors (Lipinski definition) is 3. The summed E-state index contributed by atoms with van der Waals surface area (Å²) in [5, 5.41) is 0.502. The van der Waals surface area contributed by atoms with Crippen LogP contribution in [-0.4, -0.2) is 28.6 Å². The lowest BCUT2D eigenvalue weighted by atomic mass is 10.2. The van der Waals surface area contributed by atoms with Gasteiger partial charge >= 0.3 is 6.03 Å². The summed E-state index contributed by atoms with van der Waals surface area (Å²) < 4.78 is 0. The SMILES string of the molecule is Cc1ccc(N2C(=O)[C@@H]3CSC(c4ccc(Cl)cc4)N3C2=O)cc1. The van der Waals surface area contributed by atoms with Crippen LogP contribution in [0.5, 0.6) is 0 Å². The van der Waals surface area contributed by atoms with Crippen molar-refractivity contribution >= 4 is 41.0 Å². The van der Waals surface area contributed by atoms with Gasteiger partial charge in [-0.3, -0.25) is 9.69 Å². The standard InChI is InChI=1S/C18H15ClN2O2S/c1-11-2-8-14(9-3-11)20-16(22)15-10-24-17(21(15)18(20)23)12-4-6-13(19)7-5-12/h2-9,15,17H,10H2,1H3/t15-,17?/m0/s1. The minimum absolute atomic E-state index is 0.146. The number of fused-ring (bicyclic) bond motifs is 1. The van der Waals surface area contributed by atoms with Crippen LogP contribution >= 0.6 is 23.4 Å². The molecule has 0 aromatic heterocycles. The molecule has 6 heteroatoms. The number of halogens is 1. The summed E-state index contributed by atoms with van der Waals surface area (Å²) in [6.45, 7) is 1.98. The molecule has 2 aliphatic heterocycles. The summed E-state index contributed by atoms with van der Waals surface area (Å²) in [7, 11) is 0. The summed E-state index contributed by atoms with van der Waals surface area (Å²) in [5.41, 5.74) is 2.71. The molecule has 0 radical (unpaired) electrons. The molecule has 2 saturated heterocycles. The number of thioether (sulfide) groups is 1. The highest BCUT2D eigenvalue weighted by Crippen LogP contribution is 2.46. The summed E-state index contributed by atoms with van der Waals surface area (Å²) in [4.78, 5) is 28.7. The molecule has 122 valence electrons. The van der Waals surface area contributed by atoms with E-state index < -0.39 is 6.04 Å². The molecule has 0 spiro atoms. The number of amides is 3. The Morgan fingerprint density at radius 1 is 1.04 bits per heavy atom. The maximum absolute atomic E-state index is 12.9. The Balaban J connectivity index is 1.67. The Hall–Kier alpha value is -1.98. The normalized spacial score (nSPS) is 23.1. The van der Waals surface area contributed by atoms with Crippen molar-refractivity contribution in [1.82, 2.24) is 4.90 Å². The molecule has 0 N–H and O–H groups in total. The first kappa shape index (κ1) is 15.5. The number of rotatable bonds is 2. The zero-order chi connectivity index (χ0) is 16.8. The van der Waals surface area contributed by atoms with Gasteiger partial charge in [0.25, 0.3) is 5.91 Å². The smallest absolute Gasteiger partial charge is 0.295 e. The molecule has 2 aliphatic rings. The van der Waals surface area contributed by atoms with Crippen molar-refractivity contribution in [3.63, 3.8) is 0 Å². The third-order valence-electron chi connectivity index (χ3n) is 4.37. The monoisotopic (exact) mass is 358 g/mol. The molecule has 0 bridgehead atoms. The van der Waals surface area contributed by atoms with Gasteiger partial charge in [0.15, 0.2) is 0 Å². The summed E-state index contributed by atoms with van der Waals surface area (Å²) in [6.07, 6.45) is 0. The van der Waals surface area contributed by atoms with Gasteiger partial charge in [0.05, 0.1) is 5.69 Å². The molecule has 3 amide bonds. The molecular weight excluding hydrogens is 344 g/mol. The molecule has 1 unspecified atom stereocenters. The van der Waals surface area contributed by atoms with Gasteiger partial charge in [-0.1, -0.05) is 41.4 Å². The van der Waals surface area contributed by atoms with Gasteiger partial charge in [-0.05, 0) is 36.8 Å². The van der Waals surface area contributed by atoms with E-state index in [9.17, 15) is 9.59 Å². The van der Waals surface area contributed by atoms with Crippen molar-refractivity contribution in [2.24, 2.45) is 0 Å². The van der Waals surface area contributed by atoms with Crippen LogP contribution in [0.15, 0.2) is 48.5 Å². The number of carbonyl (C=O) groups excluding carboxylic acids is 2. The van der Waals surface area contributed by atoms with Crippen LogP contribution in [0.1, 0.15) is 16.5 Å². The molecule has 2 aromatic rings. The third kappa shape index (κ3) is 2.39. The second-order valence-electron chi connectivity index (χ2n) is 5.95. The van der Waals surface area contributed by atoms with Crippen LogP contribution in [0.3, 0.4) is 0 Å². The molecule has 4 nitrogen and oxygen atoms in total. The predicted octanol–water partition coefficient (Wildman–Crippen LogP) is 4.23. The topological polar surface area (TPSA) is 40.6 Å². The Morgan fingerprint density at radius 2 is 1.71 bits per heavy atom. The minimum atomic E-state index is -0.399. The minimum Gasteiger partial charge on any atom is -0.295 e. The maximum atomic E-state index is 12.9. The van der Waals surface area contributed by atoms with Gasteiger partial charge < -0.3 is 0 Å². The van der Waals surface area contributed by atoms with Crippen molar-refractivity contribution in [3.8, 4) is 0 Å². The quantitative estimate of drug-likeness (QED) is 0.754. The van der Waals surface area contributed by atoms with Crippen molar-refractivity contribution in [1.29, 1.82) is 0 Å². The molecule has 2 atom stereocenters. The van der Waals surface area contributed by atoms with Crippen LogP contribution in [0.2, 0.25) is 5.02 Å². The largest absolute Gasteiger partial charge is 0.333 e. The van der Waals surface area contributed by atoms with E-state index in [0.29, 0.717) is 16.5 Å². The Labute approximate surface area is 149 Å². The van der Waals surface area contributed by atoms with Crippen LogP contribution in [-0.2, 0) is 4.79 Å². The number of carbonyl (C=O) groups is 2. The third-order valence-corrected chi connectivity index (χ3v) is 5.94. The predicted molar refractivity (Wildman–Crippen MR) is 96.3 cm³/mol. The lowest BCUT2D eigenvalue weighted by Crippen LogP contribution is -2.33. The second kappa shape index (κ2) is 5.83. The molecule has 0 saturated carbocycles. The maximum Gasteiger partial charge on any atom is 0.333 e. The molecule has 2 aromatic carbocycles. The lowest BCUT2D eigenvalue weighted by Gasteiger charge is -2.23. The zero-order valence-corrected chi connectivity index (χ0v) is 14.6. The lowest BCUT2D eigenvalue weighted by molar-refractivity contribution is -0.119. The fourth-order valence-corrected chi connectivity index (χ4v) is 4.65. The second-order valence-corrected chi connectivity index (χ2v) is 7.50. The van der Waals surface area contributed by atoms with Gasteiger partial charge in [-0.2, -0.15) is 0 Å². The van der Waals surface area contributed by atoms with Gasteiger partial charge in [0.1, 0.15) is 11.4 Å². The fourth-order valence-electron chi connectivity index (χ4n) is 3.10. The highest BCUT2D eigenvalue weighted by Gasteiger charge is 2.53. The van der Waals surface area contributed by atoms with Crippen molar-refractivity contribution in [3.05, 3.63) is 64.7 Å². The van der Waals surface area contributed by atoms with E-state index in [1.54, 1.807) is 16.7 Å². The van der Waals surface area contributed by atoms with E-state index in [4.69, 9.17) is 11.6 Å². The Morgan fingerprint density at radius 3 is 2.38 bits per heavy atom. The molecule has 2 heterocycles. The van der Waals surface area contributed by atoms with E-state index in [0.717, 1.165) is 11.1 Å². The van der Waals surface area contributed by atoms with Crippen LogP contribution in [0, 0.1) is 6.92 Å². The van der Waals surface area contributed by atoms with Crippen molar-refractivity contribution in [2.45, 2.75) is 18.3 Å². The number of nitrogens with zero attached hydrogens (tertiary/aromatic N) is 2. The number of aryl methyl sites for hydroxylation is 1. The van der Waals surface area contributed by atoms with Gasteiger partial charge in [0, 0.05) is 10.8 Å². The first-order valence-corrected chi connectivity index (χ1v) is 9.09. The molecule has 4 rings (SSSR count). The van der Waals surface area contributed by atoms with Crippen molar-refractivity contribution in [2.75, 3.05) is 10.7 Å². The Bertz CT molecular complexity index is 807. The first-order valence-electron chi connectivity index (χ1n) is 7.66. The summed E-state index contributed by atoms with van der Waals surface area (Å²) >= 11 is 7.56. The summed E-state index contributed by atoms with van der Waals surface area (Å²) in [5.74, 6) is 0.466. The van der Waals surface area contributed by atoms with Crippen molar-refractivity contribution < 1.29 is 9.59 Å². The molecule has 2 fully saturated rings. The number of urea groups is 1. The highest BCUT2D eigenvalue weighted by molar-refractivity contribution is 7.99. The average Bonchev–Trinajstić information content (AvgIpc) is 3.11. The van der Waals surface area contributed by atoms with E-state index in [1.807, 2.05) is 55.5 Å². The zero-order valence-electron chi connectivity index (χ0n) is 13.0. The number of benzene rings is 2. The van der Waals surface area contributed by atoms with Crippen LogP contribution in [0.4, 0.5) is 10.5 Å². The fraction of sp³-hybridized carbons (Fsp3) is 0.222. The average molecular weight is 359 g/mol. The number of hydrogen-bond donors (Lipinski definition) is 0. The van der Waals surface area contributed by atoms with Gasteiger partial charge in [-0.25, -0.2) is 9.69 Å². The molecule has 24 heavy (non-hydrogen) atoms. The van der Waals surface area contributed by atoms with Gasteiger partial charge in [0.2, 0.25) is 0 Å². The van der Waals surface area contributed by atoms with E-state index >= 15 is 0 Å². The van der Waals surface area contributed by atoms with Crippen LogP contribution in [0.25, 0.3) is 0 Å². The van der Waals surface area contributed by atoms with E-state index in [1.165, 1.54) is 4.90 Å². The van der Waals surface area contributed by atoms with E-state index in [-0.39, 0.29) is 17.3 Å². The molecular formula is C18H15ClN2O2S. The highest BCUT2D eigenvalue weighted by atomic mass is 35.5. The van der Waals surface area contributed by atoms with Crippen LogP contribution < -0.4 is 4.90 Å². The Kier molecular flexibility index (Phi) is 3.77. The van der Waals surface area contributed by atoms with Gasteiger partial charge in [-0.15, -0.1) is 11.8 Å². The van der Waals surface area contributed by atoms with E-state index in [2.05, 4.69) is 0 Å².